The second kappa shape index (κ2) is 6.01. The summed E-state index contributed by atoms with van der Waals surface area (Å²) in [6.45, 7) is 4.30. The van der Waals surface area contributed by atoms with Gasteiger partial charge in [-0.05, 0) is 37.6 Å². The molecule has 0 aliphatic heterocycles. The molecule has 0 aliphatic carbocycles. The van der Waals surface area contributed by atoms with Crippen molar-refractivity contribution in [2.45, 2.75) is 19.9 Å². The molecule has 0 amide bonds. The van der Waals surface area contributed by atoms with Crippen LogP contribution in [-0.2, 0) is 0 Å². The molecule has 2 rings (SSSR count). The minimum atomic E-state index is -0.638. The largest absolute Gasteiger partial charge is 0.494 e. The maximum atomic E-state index is 13.3. The van der Waals surface area contributed by atoms with Crippen molar-refractivity contribution in [3.8, 4) is 5.75 Å². The third-order valence-electron chi connectivity index (χ3n) is 3.04. The first kappa shape index (κ1) is 14.5. The van der Waals surface area contributed by atoms with Gasteiger partial charge in [0.15, 0.2) is 0 Å². The van der Waals surface area contributed by atoms with Crippen LogP contribution >= 0.6 is 0 Å². The Balaban J connectivity index is 2.46. The second-order valence-corrected chi connectivity index (χ2v) is 4.65. The van der Waals surface area contributed by atoms with Crippen LogP contribution in [0.1, 0.15) is 29.7 Å². The van der Waals surface area contributed by atoms with Crippen molar-refractivity contribution in [3.63, 3.8) is 0 Å². The third kappa shape index (κ3) is 3.14. The topological polar surface area (TPSA) is 35.2 Å². The highest BCUT2D eigenvalue weighted by atomic mass is 19.1. The summed E-state index contributed by atoms with van der Waals surface area (Å²) in [5.41, 5.74) is 8.25. The van der Waals surface area contributed by atoms with Gasteiger partial charge in [-0.2, -0.15) is 0 Å². The summed E-state index contributed by atoms with van der Waals surface area (Å²) < 4.78 is 32.1. The van der Waals surface area contributed by atoms with Gasteiger partial charge in [-0.15, -0.1) is 0 Å². The number of ether oxygens (including phenoxy) is 1. The average molecular weight is 277 g/mol. The second-order valence-electron chi connectivity index (χ2n) is 4.65. The highest BCUT2D eigenvalue weighted by molar-refractivity contribution is 5.43. The van der Waals surface area contributed by atoms with E-state index >= 15 is 0 Å². The van der Waals surface area contributed by atoms with Gasteiger partial charge in [-0.3, -0.25) is 0 Å². The quantitative estimate of drug-likeness (QED) is 0.924. The van der Waals surface area contributed by atoms with Gasteiger partial charge in [0.2, 0.25) is 0 Å². The van der Waals surface area contributed by atoms with Crippen molar-refractivity contribution < 1.29 is 13.5 Å². The van der Waals surface area contributed by atoms with E-state index in [0.717, 1.165) is 17.2 Å². The zero-order valence-electron chi connectivity index (χ0n) is 11.5. The summed E-state index contributed by atoms with van der Waals surface area (Å²) in [5, 5.41) is 0. The number of halogens is 2. The van der Waals surface area contributed by atoms with Crippen LogP contribution in [0.15, 0.2) is 36.4 Å². The number of hydrogen-bond acceptors (Lipinski definition) is 2. The lowest BCUT2D eigenvalue weighted by Gasteiger charge is -2.18. The number of rotatable bonds is 4. The molecule has 1 atom stereocenters. The van der Waals surface area contributed by atoms with Gasteiger partial charge in [-0.25, -0.2) is 8.78 Å². The highest BCUT2D eigenvalue weighted by Crippen LogP contribution is 2.30. The van der Waals surface area contributed by atoms with Crippen LogP contribution < -0.4 is 10.5 Å². The van der Waals surface area contributed by atoms with Gasteiger partial charge in [0, 0.05) is 11.6 Å². The van der Waals surface area contributed by atoms with E-state index in [9.17, 15) is 8.78 Å². The van der Waals surface area contributed by atoms with E-state index in [2.05, 4.69) is 0 Å². The Morgan fingerprint density at radius 3 is 2.35 bits per heavy atom. The van der Waals surface area contributed by atoms with Gasteiger partial charge in [-0.1, -0.05) is 17.7 Å². The van der Waals surface area contributed by atoms with Crippen molar-refractivity contribution in [3.05, 3.63) is 64.7 Å². The van der Waals surface area contributed by atoms with Crippen LogP contribution in [-0.4, -0.2) is 6.61 Å². The zero-order chi connectivity index (χ0) is 14.7. The fourth-order valence-electron chi connectivity index (χ4n) is 2.13. The summed E-state index contributed by atoms with van der Waals surface area (Å²) in [6.07, 6.45) is 0. The van der Waals surface area contributed by atoms with Crippen molar-refractivity contribution in [2.75, 3.05) is 6.61 Å². The SMILES string of the molecule is CCOc1ccc(C)cc1C(N)c1cc(F)cc(F)c1. The molecule has 2 aromatic carbocycles. The molecule has 0 heterocycles. The zero-order valence-corrected chi connectivity index (χ0v) is 11.5. The Hall–Kier alpha value is -1.94. The summed E-state index contributed by atoms with van der Waals surface area (Å²) in [7, 11) is 0. The van der Waals surface area contributed by atoms with Gasteiger partial charge >= 0.3 is 0 Å². The molecule has 0 bridgehead atoms. The summed E-state index contributed by atoms with van der Waals surface area (Å²) in [6, 6.07) is 8.28. The number of aryl methyl sites for hydroxylation is 1. The van der Waals surface area contributed by atoms with Crippen LogP contribution in [0.25, 0.3) is 0 Å². The van der Waals surface area contributed by atoms with E-state index in [-0.39, 0.29) is 0 Å². The Morgan fingerprint density at radius 2 is 1.75 bits per heavy atom. The Labute approximate surface area is 117 Å². The molecule has 2 nitrogen and oxygen atoms in total. The van der Waals surface area contributed by atoms with Crippen molar-refractivity contribution in [2.24, 2.45) is 5.73 Å². The smallest absolute Gasteiger partial charge is 0.126 e. The number of nitrogens with two attached hydrogens (primary N) is 1. The first-order valence-electron chi connectivity index (χ1n) is 6.46. The normalized spacial score (nSPS) is 12.2. The molecule has 20 heavy (non-hydrogen) atoms. The molecule has 0 radical (unpaired) electrons. The molecule has 2 aromatic rings. The molecule has 0 fully saturated rings. The summed E-state index contributed by atoms with van der Waals surface area (Å²) in [4.78, 5) is 0. The van der Waals surface area contributed by atoms with Crippen LogP contribution in [0.5, 0.6) is 5.75 Å². The van der Waals surface area contributed by atoms with E-state index in [1.54, 1.807) is 0 Å². The Morgan fingerprint density at radius 1 is 1.10 bits per heavy atom. The standard InChI is InChI=1S/C16H17F2NO/c1-3-20-15-5-4-10(2)6-14(15)16(19)11-7-12(17)9-13(18)8-11/h4-9,16H,3,19H2,1-2H3. The molecular weight excluding hydrogens is 260 g/mol. The molecule has 0 saturated heterocycles. The van der Waals surface area contributed by atoms with Crippen molar-refractivity contribution in [1.29, 1.82) is 0 Å². The minimum absolute atomic E-state index is 0.383. The molecule has 0 saturated carbocycles. The number of benzene rings is 2. The fourth-order valence-corrected chi connectivity index (χ4v) is 2.13. The van der Waals surface area contributed by atoms with Gasteiger partial charge in [0.05, 0.1) is 12.6 Å². The third-order valence-corrected chi connectivity index (χ3v) is 3.04. The Bertz CT molecular complexity index is 593. The molecule has 0 spiro atoms. The van der Waals surface area contributed by atoms with E-state index in [0.29, 0.717) is 17.9 Å². The predicted octanol–water partition coefficient (Wildman–Crippen LogP) is 3.72. The average Bonchev–Trinajstić information content (AvgIpc) is 2.39. The monoisotopic (exact) mass is 277 g/mol. The lowest BCUT2D eigenvalue weighted by atomic mass is 9.97. The van der Waals surface area contributed by atoms with Gasteiger partial charge < -0.3 is 10.5 Å². The molecule has 4 heteroatoms. The summed E-state index contributed by atoms with van der Waals surface area (Å²) in [5.74, 6) is -0.641. The molecule has 0 aliphatic rings. The molecule has 1 unspecified atom stereocenters. The minimum Gasteiger partial charge on any atom is -0.494 e. The number of hydrogen-bond donors (Lipinski definition) is 1. The van der Waals surface area contributed by atoms with Crippen LogP contribution in [0.4, 0.5) is 8.78 Å². The molecule has 2 N–H and O–H groups in total. The summed E-state index contributed by atoms with van der Waals surface area (Å²) >= 11 is 0. The lowest BCUT2D eigenvalue weighted by molar-refractivity contribution is 0.335. The fraction of sp³-hybridized carbons (Fsp3) is 0.250. The maximum absolute atomic E-state index is 13.3. The maximum Gasteiger partial charge on any atom is 0.126 e. The van der Waals surface area contributed by atoms with E-state index in [4.69, 9.17) is 10.5 Å². The van der Waals surface area contributed by atoms with E-state index in [1.807, 2.05) is 32.0 Å². The van der Waals surface area contributed by atoms with E-state index < -0.39 is 17.7 Å². The lowest BCUT2D eigenvalue weighted by Crippen LogP contribution is -2.14. The molecular formula is C16H17F2NO. The Kier molecular flexibility index (Phi) is 4.35. The van der Waals surface area contributed by atoms with Crippen molar-refractivity contribution >= 4 is 0 Å². The van der Waals surface area contributed by atoms with Crippen LogP contribution in [0.2, 0.25) is 0 Å². The van der Waals surface area contributed by atoms with Crippen LogP contribution in [0.3, 0.4) is 0 Å². The van der Waals surface area contributed by atoms with Crippen LogP contribution in [0, 0.1) is 18.6 Å². The van der Waals surface area contributed by atoms with Crippen molar-refractivity contribution in [1.82, 2.24) is 0 Å². The van der Waals surface area contributed by atoms with Gasteiger partial charge in [0.1, 0.15) is 17.4 Å². The molecule has 0 aromatic heterocycles. The van der Waals surface area contributed by atoms with Gasteiger partial charge in [0.25, 0.3) is 0 Å². The molecule has 106 valence electrons. The highest BCUT2D eigenvalue weighted by Gasteiger charge is 2.16. The van der Waals surface area contributed by atoms with E-state index in [1.165, 1.54) is 12.1 Å². The first-order chi connectivity index (χ1) is 9.51. The predicted molar refractivity (Wildman–Crippen MR) is 74.7 cm³/mol. The first-order valence-corrected chi connectivity index (χ1v) is 6.46.